The molecule has 412 valence electrons. The van der Waals surface area contributed by atoms with Gasteiger partial charge in [0, 0.05) is 19.3 Å². The Labute approximate surface area is 440 Å². The second kappa shape index (κ2) is 59.7. The SMILES string of the molecule is CC/C=C\C/C=C\C/C=C\C/C=C\CCCCCCCCCCCCCCCCCCCCCCC(=O)OCC(COC(=O)CCCCCCCC)OC(=O)CCCCCCC/C=C\CCCCCCC. The minimum atomic E-state index is -0.771. The summed E-state index contributed by atoms with van der Waals surface area (Å²) in [6.45, 7) is 6.48. The third kappa shape index (κ3) is 57.9. The lowest BCUT2D eigenvalue weighted by atomic mass is 10.0. The van der Waals surface area contributed by atoms with Crippen molar-refractivity contribution < 1.29 is 28.6 Å². The highest BCUT2D eigenvalue weighted by molar-refractivity contribution is 5.71. The van der Waals surface area contributed by atoms with E-state index >= 15 is 0 Å². The van der Waals surface area contributed by atoms with Crippen LogP contribution in [0.5, 0.6) is 0 Å². The molecule has 0 fully saturated rings. The fourth-order valence-corrected chi connectivity index (χ4v) is 8.90. The largest absolute Gasteiger partial charge is 0.462 e. The minimum absolute atomic E-state index is 0.0730. The monoisotopic (exact) mass is 993 g/mol. The molecule has 0 radical (unpaired) electrons. The average molecular weight is 994 g/mol. The van der Waals surface area contributed by atoms with Crippen molar-refractivity contribution in [2.24, 2.45) is 0 Å². The Morgan fingerprint density at radius 2 is 0.549 bits per heavy atom. The second-order valence-electron chi connectivity index (χ2n) is 20.6. The Hall–Kier alpha value is -2.89. The van der Waals surface area contributed by atoms with E-state index in [1.807, 2.05) is 0 Å². The highest BCUT2D eigenvalue weighted by Crippen LogP contribution is 2.17. The molecular weight excluding hydrogens is 877 g/mol. The first-order valence-electron chi connectivity index (χ1n) is 30.8. The van der Waals surface area contributed by atoms with E-state index in [1.165, 1.54) is 186 Å². The van der Waals surface area contributed by atoms with Crippen LogP contribution in [0.2, 0.25) is 0 Å². The number of ether oxygens (including phenoxy) is 3. The Morgan fingerprint density at radius 1 is 0.296 bits per heavy atom. The molecule has 0 spiro atoms. The summed E-state index contributed by atoms with van der Waals surface area (Å²) < 4.78 is 16.8. The van der Waals surface area contributed by atoms with Gasteiger partial charge in [0.05, 0.1) is 0 Å². The maximum absolute atomic E-state index is 12.8. The number of carbonyl (C=O) groups is 3. The maximum atomic E-state index is 12.8. The summed E-state index contributed by atoms with van der Waals surface area (Å²) in [4.78, 5) is 37.9. The van der Waals surface area contributed by atoms with Crippen LogP contribution in [-0.2, 0) is 28.6 Å². The van der Waals surface area contributed by atoms with E-state index in [4.69, 9.17) is 14.2 Å². The fraction of sp³-hybridized carbons (Fsp3) is 0.800. The minimum Gasteiger partial charge on any atom is -0.462 e. The molecular formula is C65H116O6. The summed E-state index contributed by atoms with van der Waals surface area (Å²) in [7, 11) is 0. The van der Waals surface area contributed by atoms with Crippen LogP contribution in [0.4, 0.5) is 0 Å². The Balaban J connectivity index is 3.93. The number of unbranched alkanes of at least 4 members (excludes halogenated alkanes) is 35. The van der Waals surface area contributed by atoms with Crippen LogP contribution >= 0.6 is 0 Å². The van der Waals surface area contributed by atoms with Crippen molar-refractivity contribution in [1.29, 1.82) is 0 Å². The highest BCUT2D eigenvalue weighted by atomic mass is 16.6. The highest BCUT2D eigenvalue weighted by Gasteiger charge is 2.19. The molecule has 0 aliphatic heterocycles. The normalized spacial score (nSPS) is 12.4. The van der Waals surface area contributed by atoms with Gasteiger partial charge < -0.3 is 14.2 Å². The predicted octanol–water partition coefficient (Wildman–Crippen LogP) is 20.8. The smallest absolute Gasteiger partial charge is 0.306 e. The van der Waals surface area contributed by atoms with Gasteiger partial charge in [-0.15, -0.1) is 0 Å². The standard InChI is InChI=1S/C65H116O6/c1-4-7-10-13-16-18-20-22-24-25-26-27-28-29-30-31-32-33-34-35-36-37-38-39-40-41-42-44-45-47-49-52-55-58-64(67)70-61-62(60-69-63(66)57-54-51-15-12-9-6-3)71-65(68)59-56-53-50-48-46-43-23-21-19-17-14-11-8-5-2/h7,10,16,18,21-24,26-27,62H,4-6,8-9,11-15,17,19-20,25,28-61H2,1-3H3/b10-7-,18-16-,23-21-,24-22-,27-26-. The lowest BCUT2D eigenvalue weighted by Crippen LogP contribution is -2.30. The molecule has 6 heteroatoms. The topological polar surface area (TPSA) is 78.9 Å². The van der Waals surface area contributed by atoms with Crippen LogP contribution in [0.25, 0.3) is 0 Å². The van der Waals surface area contributed by atoms with Crippen LogP contribution < -0.4 is 0 Å². The molecule has 1 unspecified atom stereocenters. The molecule has 71 heavy (non-hydrogen) atoms. The van der Waals surface area contributed by atoms with Crippen LogP contribution in [-0.4, -0.2) is 37.2 Å². The van der Waals surface area contributed by atoms with Gasteiger partial charge in [-0.1, -0.05) is 274 Å². The molecule has 0 heterocycles. The molecule has 0 aliphatic carbocycles. The van der Waals surface area contributed by atoms with Crippen molar-refractivity contribution in [3.8, 4) is 0 Å². The first-order chi connectivity index (χ1) is 35.0. The van der Waals surface area contributed by atoms with Gasteiger partial charge in [0.25, 0.3) is 0 Å². The van der Waals surface area contributed by atoms with Crippen molar-refractivity contribution in [2.45, 2.75) is 322 Å². The summed E-state index contributed by atoms with van der Waals surface area (Å²) in [6.07, 6.45) is 75.6. The summed E-state index contributed by atoms with van der Waals surface area (Å²) in [6, 6.07) is 0. The average Bonchev–Trinajstić information content (AvgIpc) is 3.37. The number of hydrogen-bond donors (Lipinski definition) is 0. The first-order valence-corrected chi connectivity index (χ1v) is 30.8. The van der Waals surface area contributed by atoms with Crippen molar-refractivity contribution in [1.82, 2.24) is 0 Å². The van der Waals surface area contributed by atoms with Gasteiger partial charge in [0.1, 0.15) is 13.2 Å². The summed E-state index contributed by atoms with van der Waals surface area (Å²) in [5.41, 5.74) is 0. The van der Waals surface area contributed by atoms with Gasteiger partial charge in [-0.2, -0.15) is 0 Å². The van der Waals surface area contributed by atoms with Gasteiger partial charge in [-0.05, 0) is 83.5 Å². The summed E-state index contributed by atoms with van der Waals surface area (Å²) >= 11 is 0. The molecule has 0 saturated carbocycles. The zero-order valence-corrected chi connectivity index (χ0v) is 47.2. The van der Waals surface area contributed by atoms with Crippen molar-refractivity contribution in [2.75, 3.05) is 13.2 Å². The van der Waals surface area contributed by atoms with Crippen LogP contribution in [0, 0.1) is 0 Å². The Kier molecular flexibility index (Phi) is 57.2. The maximum Gasteiger partial charge on any atom is 0.306 e. The van der Waals surface area contributed by atoms with Gasteiger partial charge in [0.2, 0.25) is 0 Å². The molecule has 0 amide bonds. The number of esters is 3. The number of carbonyl (C=O) groups excluding carboxylic acids is 3. The van der Waals surface area contributed by atoms with E-state index in [-0.39, 0.29) is 31.1 Å². The fourth-order valence-electron chi connectivity index (χ4n) is 8.90. The zero-order chi connectivity index (χ0) is 51.4. The van der Waals surface area contributed by atoms with Gasteiger partial charge in [-0.3, -0.25) is 14.4 Å². The molecule has 0 aromatic heterocycles. The molecule has 1 atom stereocenters. The molecule has 0 aliphatic rings. The van der Waals surface area contributed by atoms with E-state index in [9.17, 15) is 14.4 Å². The predicted molar refractivity (Wildman–Crippen MR) is 307 cm³/mol. The third-order valence-corrected chi connectivity index (χ3v) is 13.5. The van der Waals surface area contributed by atoms with Gasteiger partial charge >= 0.3 is 17.9 Å². The van der Waals surface area contributed by atoms with Crippen LogP contribution in [0.3, 0.4) is 0 Å². The van der Waals surface area contributed by atoms with Crippen LogP contribution in [0.15, 0.2) is 60.8 Å². The van der Waals surface area contributed by atoms with Crippen molar-refractivity contribution in [3.63, 3.8) is 0 Å². The number of rotatable bonds is 56. The van der Waals surface area contributed by atoms with E-state index in [0.717, 1.165) is 89.9 Å². The molecule has 0 N–H and O–H groups in total. The second-order valence-corrected chi connectivity index (χ2v) is 20.6. The first kappa shape index (κ1) is 68.1. The van der Waals surface area contributed by atoms with E-state index < -0.39 is 6.10 Å². The lowest BCUT2D eigenvalue weighted by molar-refractivity contribution is -0.167. The molecule has 0 rings (SSSR count). The molecule has 6 nitrogen and oxygen atoms in total. The summed E-state index contributed by atoms with van der Waals surface area (Å²) in [5.74, 6) is -0.878. The van der Waals surface area contributed by atoms with Crippen molar-refractivity contribution >= 4 is 17.9 Å². The van der Waals surface area contributed by atoms with Crippen LogP contribution in [0.1, 0.15) is 316 Å². The van der Waals surface area contributed by atoms with E-state index in [1.54, 1.807) is 0 Å². The lowest BCUT2D eigenvalue weighted by Gasteiger charge is -2.18. The van der Waals surface area contributed by atoms with Crippen molar-refractivity contribution in [3.05, 3.63) is 60.8 Å². The molecule has 0 aromatic rings. The Morgan fingerprint density at radius 3 is 0.873 bits per heavy atom. The third-order valence-electron chi connectivity index (χ3n) is 13.5. The van der Waals surface area contributed by atoms with Gasteiger partial charge in [0.15, 0.2) is 6.10 Å². The Bertz CT molecular complexity index is 1280. The summed E-state index contributed by atoms with van der Waals surface area (Å²) in [5, 5.41) is 0. The quantitative estimate of drug-likeness (QED) is 0.0261. The van der Waals surface area contributed by atoms with E-state index in [0.29, 0.717) is 19.3 Å². The number of allylic oxidation sites excluding steroid dienone is 10. The molecule has 0 saturated heterocycles. The van der Waals surface area contributed by atoms with E-state index in [2.05, 4.69) is 81.5 Å². The molecule has 0 aromatic carbocycles. The number of hydrogen-bond acceptors (Lipinski definition) is 6. The molecule has 0 bridgehead atoms. The van der Waals surface area contributed by atoms with Gasteiger partial charge in [-0.25, -0.2) is 0 Å². The zero-order valence-electron chi connectivity index (χ0n) is 47.2.